The minimum absolute atomic E-state index is 0.339. The lowest BCUT2D eigenvalue weighted by atomic mass is 9.86. The molecule has 0 fully saturated rings. The quantitative estimate of drug-likeness (QED) is 0.529. The van der Waals surface area contributed by atoms with E-state index >= 15 is 0 Å². The lowest BCUT2D eigenvalue weighted by molar-refractivity contribution is 0.181. The normalized spacial score (nSPS) is 21.3. The van der Waals surface area contributed by atoms with Crippen molar-refractivity contribution >= 4 is 17.0 Å². The van der Waals surface area contributed by atoms with Crippen molar-refractivity contribution in [3.05, 3.63) is 23.8 Å². The third kappa shape index (κ3) is 3.54. The van der Waals surface area contributed by atoms with Gasteiger partial charge in [0.25, 0.3) is 0 Å². The lowest BCUT2D eigenvalue weighted by Gasteiger charge is -2.21. The molecular weight excluding hydrogens is 200 g/mol. The van der Waals surface area contributed by atoms with Gasteiger partial charge in [-0.3, -0.25) is 0 Å². The highest BCUT2D eigenvalue weighted by molar-refractivity contribution is 6.61. The molecule has 1 aliphatic rings. The molecule has 0 aromatic carbocycles. The Morgan fingerprint density at radius 1 is 1.79 bits per heavy atom. The molecule has 1 aliphatic carbocycles. The SMILES string of the molecule is C=C(C)[C@@H]1CC=C(COC(=O)Cl)CC1. The summed E-state index contributed by atoms with van der Waals surface area (Å²) in [6, 6.07) is 0. The van der Waals surface area contributed by atoms with E-state index in [0.717, 1.165) is 24.8 Å². The van der Waals surface area contributed by atoms with Gasteiger partial charge in [-0.1, -0.05) is 18.2 Å². The fourth-order valence-electron chi connectivity index (χ4n) is 1.62. The van der Waals surface area contributed by atoms with E-state index in [1.54, 1.807) is 0 Å². The molecule has 0 heterocycles. The summed E-state index contributed by atoms with van der Waals surface area (Å²) in [4.78, 5) is 10.4. The van der Waals surface area contributed by atoms with Crippen molar-refractivity contribution in [3.63, 3.8) is 0 Å². The molecular formula is C11H15ClO2. The summed E-state index contributed by atoms with van der Waals surface area (Å²) in [7, 11) is 0. The van der Waals surface area contributed by atoms with Gasteiger partial charge < -0.3 is 4.74 Å². The van der Waals surface area contributed by atoms with Crippen molar-refractivity contribution < 1.29 is 9.53 Å². The van der Waals surface area contributed by atoms with E-state index in [-0.39, 0.29) is 0 Å². The van der Waals surface area contributed by atoms with Crippen molar-refractivity contribution in [2.24, 2.45) is 5.92 Å². The van der Waals surface area contributed by atoms with Crippen LogP contribution < -0.4 is 0 Å². The Balaban J connectivity index is 2.37. The first-order valence-corrected chi connectivity index (χ1v) is 5.13. The van der Waals surface area contributed by atoms with Crippen LogP contribution in [0.1, 0.15) is 26.2 Å². The van der Waals surface area contributed by atoms with E-state index in [4.69, 9.17) is 16.3 Å². The summed E-state index contributed by atoms with van der Waals surface area (Å²) in [6.45, 7) is 6.34. The molecule has 1 atom stereocenters. The molecule has 0 saturated heterocycles. The molecule has 0 radical (unpaired) electrons. The van der Waals surface area contributed by atoms with Crippen molar-refractivity contribution in [2.75, 3.05) is 6.61 Å². The van der Waals surface area contributed by atoms with Gasteiger partial charge in [0, 0.05) is 11.6 Å². The summed E-state index contributed by atoms with van der Waals surface area (Å²) < 4.78 is 4.71. The minimum Gasteiger partial charge on any atom is -0.449 e. The van der Waals surface area contributed by atoms with Crippen LogP contribution in [0.15, 0.2) is 23.8 Å². The summed E-state index contributed by atoms with van der Waals surface area (Å²) in [5.74, 6) is 0.588. The van der Waals surface area contributed by atoms with Gasteiger partial charge in [0.2, 0.25) is 0 Å². The molecule has 0 aromatic rings. The molecule has 0 saturated carbocycles. The Morgan fingerprint density at radius 2 is 2.50 bits per heavy atom. The summed E-state index contributed by atoms with van der Waals surface area (Å²) in [5, 5.41) is 0. The lowest BCUT2D eigenvalue weighted by Crippen LogP contribution is -2.10. The zero-order valence-corrected chi connectivity index (χ0v) is 9.14. The highest BCUT2D eigenvalue weighted by Gasteiger charge is 2.15. The van der Waals surface area contributed by atoms with Crippen LogP contribution in [0.4, 0.5) is 4.79 Å². The van der Waals surface area contributed by atoms with Gasteiger partial charge in [0.1, 0.15) is 6.61 Å². The number of carbonyl (C=O) groups excluding carboxylic acids is 1. The maximum Gasteiger partial charge on any atom is 0.404 e. The Hall–Kier alpha value is -0.760. The second-order valence-electron chi connectivity index (χ2n) is 3.71. The van der Waals surface area contributed by atoms with Crippen molar-refractivity contribution in [1.82, 2.24) is 0 Å². The Morgan fingerprint density at radius 3 is 2.93 bits per heavy atom. The number of ether oxygens (including phenoxy) is 1. The standard InChI is InChI=1S/C11H15ClO2/c1-8(2)10-5-3-9(4-6-10)7-14-11(12)13/h3,10H,1,4-7H2,2H3/t10-/m1/s1. The average Bonchev–Trinajstić information content (AvgIpc) is 2.15. The van der Waals surface area contributed by atoms with Crippen LogP contribution in [0.2, 0.25) is 0 Å². The zero-order chi connectivity index (χ0) is 10.6. The average molecular weight is 215 g/mol. The van der Waals surface area contributed by atoms with Crippen molar-refractivity contribution in [3.8, 4) is 0 Å². The number of rotatable bonds is 3. The monoisotopic (exact) mass is 214 g/mol. The van der Waals surface area contributed by atoms with Gasteiger partial charge in [-0.05, 0) is 37.7 Å². The van der Waals surface area contributed by atoms with Gasteiger partial charge in [0.05, 0.1) is 0 Å². The molecule has 0 aliphatic heterocycles. The third-order valence-electron chi connectivity index (χ3n) is 2.57. The molecule has 3 heteroatoms. The molecule has 2 nitrogen and oxygen atoms in total. The zero-order valence-electron chi connectivity index (χ0n) is 8.38. The first kappa shape index (κ1) is 11.3. The Kier molecular flexibility index (Phi) is 4.21. The number of halogens is 1. The van der Waals surface area contributed by atoms with Crippen LogP contribution in [-0.4, -0.2) is 12.0 Å². The molecule has 0 spiro atoms. The van der Waals surface area contributed by atoms with Crippen LogP contribution in [0.3, 0.4) is 0 Å². The fourth-order valence-corrected chi connectivity index (χ4v) is 1.67. The summed E-state index contributed by atoms with van der Waals surface area (Å²) in [5.41, 5.74) is 1.67. The first-order valence-electron chi connectivity index (χ1n) is 4.75. The maximum absolute atomic E-state index is 10.4. The third-order valence-corrected chi connectivity index (χ3v) is 2.68. The highest BCUT2D eigenvalue weighted by Crippen LogP contribution is 2.28. The number of hydrogen-bond acceptors (Lipinski definition) is 2. The molecule has 0 aromatic heterocycles. The summed E-state index contributed by atoms with van der Waals surface area (Å²) in [6.07, 6.45) is 5.20. The van der Waals surface area contributed by atoms with Crippen LogP contribution in [-0.2, 0) is 4.74 Å². The van der Waals surface area contributed by atoms with Crippen LogP contribution in [0.25, 0.3) is 0 Å². The number of hydrogen-bond donors (Lipinski definition) is 0. The van der Waals surface area contributed by atoms with Crippen molar-refractivity contribution in [1.29, 1.82) is 0 Å². The van der Waals surface area contributed by atoms with E-state index in [1.165, 1.54) is 5.57 Å². The Bertz CT molecular complexity index is 268. The van der Waals surface area contributed by atoms with Crippen LogP contribution in [0.5, 0.6) is 0 Å². The van der Waals surface area contributed by atoms with Crippen LogP contribution in [0, 0.1) is 5.92 Å². The second kappa shape index (κ2) is 5.20. The smallest absolute Gasteiger partial charge is 0.404 e. The predicted molar refractivity (Wildman–Crippen MR) is 57.4 cm³/mol. The van der Waals surface area contributed by atoms with E-state index in [0.29, 0.717) is 12.5 Å². The maximum atomic E-state index is 10.4. The van der Waals surface area contributed by atoms with Gasteiger partial charge >= 0.3 is 5.43 Å². The van der Waals surface area contributed by atoms with Crippen LogP contribution >= 0.6 is 11.6 Å². The van der Waals surface area contributed by atoms with Gasteiger partial charge in [-0.15, -0.1) is 0 Å². The predicted octanol–water partition coefficient (Wildman–Crippen LogP) is 3.66. The van der Waals surface area contributed by atoms with E-state index in [9.17, 15) is 4.79 Å². The van der Waals surface area contributed by atoms with Gasteiger partial charge in [0.15, 0.2) is 0 Å². The molecule has 14 heavy (non-hydrogen) atoms. The van der Waals surface area contributed by atoms with Gasteiger partial charge in [-0.2, -0.15) is 0 Å². The highest BCUT2D eigenvalue weighted by atomic mass is 35.5. The molecule has 0 amide bonds. The molecule has 0 unspecified atom stereocenters. The van der Waals surface area contributed by atoms with E-state index < -0.39 is 5.43 Å². The Labute approximate surface area is 89.6 Å². The molecule has 1 rings (SSSR count). The minimum atomic E-state index is -0.729. The molecule has 0 N–H and O–H groups in total. The van der Waals surface area contributed by atoms with Crippen molar-refractivity contribution in [2.45, 2.75) is 26.2 Å². The molecule has 78 valence electrons. The summed E-state index contributed by atoms with van der Waals surface area (Å²) >= 11 is 5.07. The number of allylic oxidation sites excluding steroid dienone is 2. The van der Waals surface area contributed by atoms with Gasteiger partial charge in [-0.25, -0.2) is 4.79 Å². The fraction of sp³-hybridized carbons (Fsp3) is 0.545. The number of carbonyl (C=O) groups is 1. The topological polar surface area (TPSA) is 26.3 Å². The van der Waals surface area contributed by atoms with E-state index in [1.807, 2.05) is 0 Å². The largest absolute Gasteiger partial charge is 0.449 e. The molecule has 0 bridgehead atoms. The first-order chi connectivity index (χ1) is 6.59. The van der Waals surface area contributed by atoms with E-state index in [2.05, 4.69) is 19.6 Å². The second-order valence-corrected chi connectivity index (χ2v) is 4.01.